The van der Waals surface area contributed by atoms with Crippen LogP contribution in [-0.4, -0.2) is 265 Å². The number of urea groups is 2. The van der Waals surface area contributed by atoms with E-state index in [1.165, 1.54) is 60.3 Å². The van der Waals surface area contributed by atoms with E-state index in [1.807, 2.05) is 101 Å². The Kier molecular flexibility index (Phi) is 41.9. The van der Waals surface area contributed by atoms with Crippen LogP contribution in [0, 0.1) is 36.4 Å². The lowest BCUT2D eigenvalue weighted by Gasteiger charge is -2.32. The van der Waals surface area contributed by atoms with Crippen molar-refractivity contribution in [2.45, 2.75) is 183 Å². The highest BCUT2D eigenvalue weighted by Crippen LogP contribution is 2.39. The normalized spacial score (nSPS) is 17.7. The van der Waals surface area contributed by atoms with Gasteiger partial charge in [0.2, 0.25) is 0 Å². The Morgan fingerprint density at radius 1 is 0.504 bits per heavy atom. The van der Waals surface area contributed by atoms with Crippen LogP contribution in [-0.2, 0) is 66.5 Å². The molecule has 9 N–H and O–H groups in total. The zero-order valence-corrected chi connectivity index (χ0v) is 86.6. The molecule has 2 aromatic carbocycles. The highest BCUT2D eigenvalue weighted by molar-refractivity contribution is 14.1. The molecule has 7 aliphatic rings. The van der Waals surface area contributed by atoms with Crippen molar-refractivity contribution in [3.05, 3.63) is 107 Å². The number of carbonyl (C=O) groups is 8. The van der Waals surface area contributed by atoms with Gasteiger partial charge in [-0.3, -0.25) is 28.8 Å². The Bertz CT molecular complexity index is 4950. The molecule has 0 unspecified atom stereocenters. The van der Waals surface area contributed by atoms with Gasteiger partial charge in [-0.25, -0.2) is 29.5 Å². The molecule has 0 saturated carbocycles. The zero-order chi connectivity index (χ0) is 97.6. The molecule has 732 valence electrons. The molecule has 7 fully saturated rings. The van der Waals surface area contributed by atoms with Gasteiger partial charge in [0.05, 0.1) is 64.1 Å². The topological polar surface area (TPSA) is 408 Å². The van der Waals surface area contributed by atoms with Crippen LogP contribution in [0.15, 0.2) is 84.9 Å². The van der Waals surface area contributed by atoms with Gasteiger partial charge >= 0.3 is 37.3 Å². The van der Waals surface area contributed by atoms with Gasteiger partial charge in [-0.15, -0.1) is 0 Å². The van der Waals surface area contributed by atoms with Crippen LogP contribution < -0.4 is 57.4 Å². The van der Waals surface area contributed by atoms with Gasteiger partial charge in [0.25, 0.3) is 23.0 Å². The van der Waals surface area contributed by atoms with E-state index in [9.17, 15) is 61.7 Å². The van der Waals surface area contributed by atoms with Crippen LogP contribution >= 0.6 is 92.9 Å². The number of carbonyl (C=O) groups excluding carboxylic acids is 8. The van der Waals surface area contributed by atoms with E-state index >= 15 is 0 Å². The van der Waals surface area contributed by atoms with Crippen LogP contribution in [0.5, 0.6) is 0 Å². The molecule has 133 heavy (non-hydrogen) atoms. The molecule has 34 nitrogen and oxygen atoms in total. The molecule has 7 aliphatic heterocycles. The Morgan fingerprint density at radius 3 is 1.24 bits per heavy atom. The van der Waals surface area contributed by atoms with Crippen molar-refractivity contribution in [2.24, 2.45) is 11.8 Å². The van der Waals surface area contributed by atoms with Gasteiger partial charge in [-0.1, -0.05) is 31.0 Å². The third-order valence-electron chi connectivity index (χ3n) is 22.2. The molecule has 43 heteroatoms. The summed E-state index contributed by atoms with van der Waals surface area (Å²) in [5.41, 5.74) is 5.18. The maximum absolute atomic E-state index is 12.9. The van der Waals surface area contributed by atoms with E-state index in [0.29, 0.717) is 106 Å². The quantitative estimate of drug-likeness (QED) is 0.0162. The minimum atomic E-state index is -4.20. The first kappa shape index (κ1) is 112. The number of aryl methyl sites for hydroxylation is 2. The van der Waals surface area contributed by atoms with Crippen molar-refractivity contribution < 1.29 is 99.5 Å². The summed E-state index contributed by atoms with van der Waals surface area (Å²) in [4.78, 5) is 124. The van der Waals surface area contributed by atoms with E-state index in [4.69, 9.17) is 50.3 Å². The van der Waals surface area contributed by atoms with E-state index in [0.717, 1.165) is 140 Å². The minimum absolute atomic E-state index is 0. The number of nitrogens with one attached hydrogen (secondary N) is 5. The molecule has 4 aromatic heterocycles. The number of rotatable bonds is 19. The molecule has 0 bridgehead atoms. The Labute approximate surface area is 829 Å². The van der Waals surface area contributed by atoms with Crippen molar-refractivity contribution in [1.29, 1.82) is 0 Å². The van der Waals surface area contributed by atoms with Crippen molar-refractivity contribution in [1.82, 2.24) is 29.7 Å². The fraction of sp³-hybridized carbons (Fsp3) is 0.556. The number of halogens is 7. The van der Waals surface area contributed by atoms with Crippen LogP contribution in [0.2, 0.25) is 0 Å². The number of nitrogen functional groups attached to an aromatic ring is 1. The maximum Gasteiger partial charge on any atom is 0.495 e. The van der Waals surface area contributed by atoms with Gasteiger partial charge in [0.15, 0.2) is 11.2 Å². The first-order valence-electron chi connectivity index (χ1n) is 43.5. The molecular formula is C90H126BClF3I3N16O18S. The number of hydrogen-bond donors (Lipinski definition) is 8. The summed E-state index contributed by atoms with van der Waals surface area (Å²) in [6, 6.07) is 26.0. The lowest BCUT2D eigenvalue weighted by atomic mass is 9.76. The zero-order valence-electron chi connectivity index (χ0n) is 78.4. The molecule has 6 aromatic rings. The summed E-state index contributed by atoms with van der Waals surface area (Å²) in [7, 11) is -0.556. The van der Waals surface area contributed by atoms with Gasteiger partial charge in [0.1, 0.15) is 57.7 Å². The van der Waals surface area contributed by atoms with E-state index in [-0.39, 0.29) is 26.1 Å². The third kappa shape index (κ3) is 35.5. The number of aliphatic hydroxyl groups is 2. The van der Waals surface area contributed by atoms with E-state index < -0.39 is 100 Å². The number of likely N-dealkylation sites (tertiary alicyclic amines) is 2. The average Bonchev–Trinajstić information content (AvgIpc) is 1.63. The summed E-state index contributed by atoms with van der Waals surface area (Å²) in [5, 5.41) is 33.1. The van der Waals surface area contributed by atoms with Gasteiger partial charge in [0, 0.05) is 121 Å². The number of pyridine rings is 4. The number of ether oxygens (including phenoxy) is 6. The van der Waals surface area contributed by atoms with Crippen molar-refractivity contribution >= 4 is 210 Å². The second-order valence-electron chi connectivity index (χ2n) is 35.6. The molecule has 7 saturated heterocycles. The molecule has 13 rings (SSSR count). The predicted octanol–water partition coefficient (Wildman–Crippen LogP) is 13.3. The molecule has 0 spiro atoms. The number of nitrogens with two attached hydrogens (primary N) is 1. The van der Waals surface area contributed by atoms with Crippen molar-refractivity contribution in [3.8, 4) is 11.1 Å². The standard InChI is InChI=1S/C27H37N5O4.C20H28BF3N2O3.C15H20IN3O4.C13H18IN3O3.C9H12IN3O.C6H9ClO3.H2S/c1-5-19-8-9-32(17-19)26(34)28-21-7-6-18(2)22(16-21)20-14-23(30-25(33)27(3,4)35)29-24(15-20)31-10-12-36-13-11-31;1-13-6-7-15(10-16(13)21-28-18(2,3)19(4,5)29-21)25-17(27)26-9-8-14(12-26)11-20(22,23)24;1-10(20)23-15(2,3)14(21)18-12-8-11(16)9-13(17-12)19-4-6-22-7-5-19;1-13(2,19)12(18)16-10-7-9(14)8-11(15-10)17-3-5-20-6-4-17;10-7-5-8(11)12-9(6-7)13-1-3-14-4-2-13;1-4(8)10-6(2,3)5(7)9;/h6-7,14-16,19,35H,5,8-13,17H2,1-4H3,(H,28,34)(H,29,30,33);6-7,10,14H,8-9,11-12H2,1-5H3,(H,25,27);8-9H,4-7H2,1-3H3,(H,17,18,21);7-8,19H,3-6H2,1-2H3,(H,15,16,18);5-6H,1-4H2,(H2,11,12);1-3H3;1H2/t19-;14-;;;;;/m10...../s1. The Hall–Kier alpha value is -8.04. The number of aromatic nitrogens is 4. The van der Waals surface area contributed by atoms with E-state index in [2.05, 4.69) is 146 Å². The lowest BCUT2D eigenvalue weighted by Crippen LogP contribution is -2.41. The maximum atomic E-state index is 12.9. The molecule has 0 aliphatic carbocycles. The minimum Gasteiger partial charge on any atom is -0.450 e. The first-order chi connectivity index (χ1) is 61.7. The summed E-state index contributed by atoms with van der Waals surface area (Å²) < 4.78 is 84.0. The molecular weight excluding hydrogens is 2110 g/mol. The lowest BCUT2D eigenvalue weighted by molar-refractivity contribution is -0.160. The fourth-order valence-corrected chi connectivity index (χ4v) is 15.8. The SMILES string of the molecule is CC(=O)OC(C)(C)C(=O)Cl.CC(=O)OC(C)(C)C(=O)Nc1cc(I)cc(N2CCOCC2)n1.CC(C)(O)C(=O)Nc1cc(I)cc(N2CCOCC2)n1.CC[C@@H]1CCN(C(=O)Nc2ccc(C)c(-c3cc(NC(=O)C(C)(C)O)nc(N4CCOCC4)c3)c2)C1.Cc1ccc(NC(=O)N2CC[C@@H](CC(F)(F)F)C2)cc1B1OC(C)(C)C(C)(C)O1.Nc1cc(I)cc(N2CCOCC2)n1.S. The average molecular weight is 2240 g/mol. The van der Waals surface area contributed by atoms with Crippen LogP contribution in [0.4, 0.5) is 80.7 Å². The highest BCUT2D eigenvalue weighted by Gasteiger charge is 2.52. The van der Waals surface area contributed by atoms with Gasteiger partial charge in [-0.05, 0) is 296 Å². The number of hydrogen-bond acceptors (Lipinski definition) is 27. The number of benzene rings is 2. The first-order valence-corrected chi connectivity index (χ1v) is 47.1. The van der Waals surface area contributed by atoms with Gasteiger partial charge in [-0.2, -0.15) is 26.7 Å². The van der Waals surface area contributed by atoms with Crippen molar-refractivity contribution in [3.63, 3.8) is 0 Å². The van der Waals surface area contributed by atoms with Gasteiger partial charge < -0.3 is 110 Å². The van der Waals surface area contributed by atoms with Crippen LogP contribution in [0.25, 0.3) is 11.1 Å². The molecule has 7 amide bonds. The largest absolute Gasteiger partial charge is 0.495 e. The van der Waals surface area contributed by atoms with Crippen LogP contribution in [0.3, 0.4) is 0 Å². The number of anilines is 10. The Morgan fingerprint density at radius 2 is 0.865 bits per heavy atom. The number of alkyl halides is 3. The third-order valence-corrected chi connectivity index (χ3v) is 24.6. The predicted molar refractivity (Wildman–Crippen MR) is 538 cm³/mol. The van der Waals surface area contributed by atoms with Crippen LogP contribution in [0.1, 0.15) is 141 Å². The summed E-state index contributed by atoms with van der Waals surface area (Å²) in [5.74, 6) is 2.68. The molecule has 2 atom stereocenters. The molecule has 11 heterocycles. The fourth-order valence-electron chi connectivity index (χ4n) is 14.0. The monoisotopic (exact) mass is 2230 g/mol. The highest BCUT2D eigenvalue weighted by atomic mass is 127. The second-order valence-corrected chi connectivity index (χ2v) is 39.6. The van der Waals surface area contributed by atoms with E-state index in [1.54, 1.807) is 44.2 Å². The number of esters is 2. The Balaban J connectivity index is 0.000000226. The summed E-state index contributed by atoms with van der Waals surface area (Å²) >= 11 is 11.7. The number of morpholine rings is 4. The number of nitrogens with zero attached hydrogens (tertiary/aromatic N) is 10. The number of amides is 7. The second kappa shape index (κ2) is 49.8. The summed E-state index contributed by atoms with van der Waals surface area (Å²) in [6.07, 6.45) is -2.57. The summed E-state index contributed by atoms with van der Waals surface area (Å²) in [6.45, 7) is 41.9. The van der Waals surface area contributed by atoms with Crippen molar-refractivity contribution in [2.75, 3.05) is 183 Å². The smallest absolute Gasteiger partial charge is 0.450 e. The molecule has 0 radical (unpaired) electrons.